The molecule has 1 aliphatic rings. The van der Waals surface area contributed by atoms with Crippen LogP contribution in [0.15, 0.2) is 24.3 Å². The molecule has 0 radical (unpaired) electrons. The molecule has 1 aliphatic carbocycles. The van der Waals surface area contributed by atoms with Crippen LogP contribution in [0.25, 0.3) is 0 Å². The van der Waals surface area contributed by atoms with E-state index < -0.39 is 32.4 Å². The normalized spacial score (nSPS) is 29.1. The molecule has 0 saturated heterocycles. The second-order valence-corrected chi connectivity index (χ2v) is 7.80. The van der Waals surface area contributed by atoms with Crippen molar-refractivity contribution in [1.82, 2.24) is 0 Å². The van der Waals surface area contributed by atoms with Crippen molar-refractivity contribution >= 4 is 27.4 Å². The molecule has 5 nitrogen and oxygen atoms in total. The monoisotopic (exact) mass is 317 g/mol. The van der Waals surface area contributed by atoms with Gasteiger partial charge in [-0.15, -0.1) is 0 Å². The van der Waals surface area contributed by atoms with Crippen molar-refractivity contribution < 1.29 is 18.3 Å². The van der Waals surface area contributed by atoms with Gasteiger partial charge in [-0.3, -0.25) is 4.79 Å². The highest BCUT2D eigenvalue weighted by molar-refractivity contribution is 7.92. The van der Waals surface area contributed by atoms with E-state index in [0.717, 1.165) is 0 Å². The average Bonchev–Trinajstić information content (AvgIpc) is 3.11. The van der Waals surface area contributed by atoms with Crippen molar-refractivity contribution in [3.63, 3.8) is 0 Å². The Morgan fingerprint density at radius 3 is 2.35 bits per heavy atom. The third kappa shape index (κ3) is 2.12. The first-order valence-electron chi connectivity index (χ1n) is 6.21. The van der Waals surface area contributed by atoms with Crippen molar-refractivity contribution in [2.45, 2.75) is 18.1 Å². The van der Waals surface area contributed by atoms with E-state index in [1.54, 1.807) is 24.3 Å². The summed E-state index contributed by atoms with van der Waals surface area (Å²) in [6.45, 7) is 1.30. The van der Waals surface area contributed by atoms with Gasteiger partial charge in [-0.2, -0.15) is 0 Å². The number of carboxylic acids is 1. The van der Waals surface area contributed by atoms with Gasteiger partial charge >= 0.3 is 5.97 Å². The van der Waals surface area contributed by atoms with Gasteiger partial charge in [0.05, 0.1) is 5.25 Å². The van der Waals surface area contributed by atoms with E-state index in [-0.39, 0.29) is 12.3 Å². The van der Waals surface area contributed by atoms with Gasteiger partial charge < -0.3 is 10.8 Å². The Labute approximate surface area is 122 Å². The molecule has 0 heterocycles. The van der Waals surface area contributed by atoms with E-state index in [0.29, 0.717) is 10.6 Å². The van der Waals surface area contributed by atoms with Crippen LogP contribution in [0, 0.1) is 5.41 Å². The fourth-order valence-corrected chi connectivity index (χ4v) is 5.05. The van der Waals surface area contributed by atoms with Gasteiger partial charge in [0.1, 0.15) is 5.41 Å². The molecule has 3 N–H and O–H groups in total. The maximum Gasteiger partial charge on any atom is 0.312 e. The minimum absolute atomic E-state index is 0.100. The fraction of sp³-hybridized carbons (Fsp3) is 0.462. The van der Waals surface area contributed by atoms with Crippen LogP contribution in [0.1, 0.15) is 18.4 Å². The molecule has 1 saturated carbocycles. The summed E-state index contributed by atoms with van der Waals surface area (Å²) in [5.41, 5.74) is 4.81. The smallest absolute Gasteiger partial charge is 0.312 e. The largest absolute Gasteiger partial charge is 0.481 e. The summed E-state index contributed by atoms with van der Waals surface area (Å²) < 4.78 is 24.3. The Hall–Kier alpha value is -1.11. The van der Waals surface area contributed by atoms with Crippen LogP contribution in [0.2, 0.25) is 5.02 Å². The second kappa shape index (κ2) is 5.02. The lowest BCUT2D eigenvalue weighted by atomic mass is 9.99. The van der Waals surface area contributed by atoms with Gasteiger partial charge in [0.2, 0.25) is 0 Å². The lowest BCUT2D eigenvalue weighted by Gasteiger charge is -2.09. The van der Waals surface area contributed by atoms with E-state index in [2.05, 4.69) is 0 Å². The summed E-state index contributed by atoms with van der Waals surface area (Å²) in [5, 5.41) is 8.99. The number of halogens is 1. The first-order valence-corrected chi connectivity index (χ1v) is 8.31. The quantitative estimate of drug-likeness (QED) is 0.852. The van der Waals surface area contributed by atoms with E-state index in [9.17, 15) is 18.3 Å². The third-order valence-electron chi connectivity index (χ3n) is 4.01. The van der Waals surface area contributed by atoms with Crippen molar-refractivity contribution in [3.8, 4) is 0 Å². The summed E-state index contributed by atoms with van der Waals surface area (Å²) in [6, 6.07) is 6.55. The number of hydrogen-bond donors (Lipinski definition) is 2. The fourth-order valence-electron chi connectivity index (χ4n) is 2.84. The highest BCUT2D eigenvalue weighted by atomic mass is 35.5. The number of hydrogen-bond acceptors (Lipinski definition) is 4. The predicted molar refractivity (Wildman–Crippen MR) is 76.6 cm³/mol. The topological polar surface area (TPSA) is 97.5 Å². The third-order valence-corrected chi connectivity index (χ3v) is 6.53. The summed E-state index contributed by atoms with van der Waals surface area (Å²) in [4.78, 5) is 11.6. The molecule has 0 aliphatic heterocycles. The van der Waals surface area contributed by atoms with E-state index in [4.69, 9.17) is 17.3 Å². The van der Waals surface area contributed by atoms with Crippen LogP contribution < -0.4 is 5.73 Å². The number of carboxylic acid groups (broad SMARTS) is 1. The molecule has 1 aromatic rings. The number of carbonyl (C=O) groups is 1. The first-order chi connectivity index (χ1) is 9.31. The summed E-state index contributed by atoms with van der Waals surface area (Å²) >= 11 is 5.80. The average molecular weight is 318 g/mol. The molecule has 0 spiro atoms. The summed E-state index contributed by atoms with van der Waals surface area (Å²) in [5.74, 6) is -1.88. The Morgan fingerprint density at radius 2 is 1.95 bits per heavy atom. The van der Waals surface area contributed by atoms with E-state index in [1.165, 1.54) is 6.92 Å². The molecular weight excluding hydrogens is 302 g/mol. The van der Waals surface area contributed by atoms with Crippen LogP contribution >= 0.6 is 11.6 Å². The predicted octanol–water partition coefficient (Wildman–Crippen LogP) is 1.27. The van der Waals surface area contributed by atoms with E-state index in [1.807, 2.05) is 0 Å². The number of benzene rings is 1. The highest BCUT2D eigenvalue weighted by Crippen LogP contribution is 2.62. The molecule has 0 amide bonds. The van der Waals surface area contributed by atoms with Crippen molar-refractivity contribution in [1.29, 1.82) is 0 Å². The van der Waals surface area contributed by atoms with Crippen LogP contribution in [0.5, 0.6) is 0 Å². The molecule has 0 aromatic heterocycles. The maximum atomic E-state index is 12.1. The van der Waals surface area contributed by atoms with Gasteiger partial charge in [0, 0.05) is 23.2 Å². The SMILES string of the molecule is CCS(=O)(=O)[C@H]1[C@H](c2ccc(Cl)cc2)[C@@]1(CN)C(=O)O. The van der Waals surface area contributed by atoms with Crippen molar-refractivity contribution in [2.75, 3.05) is 12.3 Å². The molecule has 0 unspecified atom stereocenters. The van der Waals surface area contributed by atoms with Gasteiger partial charge in [-0.25, -0.2) is 8.42 Å². The van der Waals surface area contributed by atoms with Gasteiger partial charge in [-0.05, 0) is 17.7 Å². The standard InChI is InChI=1S/C13H16ClNO4S/c1-2-20(18,19)11-10(13(11,7-15)12(16)17)8-3-5-9(14)6-4-8/h3-6,10-11H,2,7,15H2,1H3,(H,16,17)/t10-,11-,13+/m0/s1. The summed E-state index contributed by atoms with van der Waals surface area (Å²) in [6.07, 6.45) is 0. The molecule has 1 fully saturated rings. The molecule has 7 heteroatoms. The molecule has 3 atom stereocenters. The maximum absolute atomic E-state index is 12.1. The first kappa shape index (κ1) is 15.3. The van der Waals surface area contributed by atoms with Gasteiger partial charge in [0.25, 0.3) is 0 Å². The molecular formula is C13H16ClNO4S. The minimum atomic E-state index is -3.49. The highest BCUT2D eigenvalue weighted by Gasteiger charge is 2.74. The molecule has 1 aromatic carbocycles. The second-order valence-electron chi connectivity index (χ2n) is 4.95. The van der Waals surface area contributed by atoms with Gasteiger partial charge in [-0.1, -0.05) is 30.7 Å². The Kier molecular flexibility index (Phi) is 3.83. The number of nitrogens with two attached hydrogens (primary N) is 1. The van der Waals surface area contributed by atoms with Crippen molar-refractivity contribution in [3.05, 3.63) is 34.9 Å². The Morgan fingerprint density at radius 1 is 1.40 bits per heavy atom. The molecule has 110 valence electrons. The van der Waals surface area contributed by atoms with Crippen LogP contribution in [0.4, 0.5) is 0 Å². The zero-order valence-corrected chi connectivity index (χ0v) is 12.5. The zero-order valence-electron chi connectivity index (χ0n) is 10.9. The summed E-state index contributed by atoms with van der Waals surface area (Å²) in [7, 11) is -3.49. The minimum Gasteiger partial charge on any atom is -0.481 e. The van der Waals surface area contributed by atoms with Crippen LogP contribution in [-0.2, 0) is 14.6 Å². The van der Waals surface area contributed by atoms with Crippen LogP contribution in [-0.4, -0.2) is 37.0 Å². The lowest BCUT2D eigenvalue weighted by Crippen LogP contribution is -2.32. The molecule has 0 bridgehead atoms. The molecule has 2 rings (SSSR count). The number of sulfone groups is 1. The van der Waals surface area contributed by atoms with Gasteiger partial charge in [0.15, 0.2) is 9.84 Å². The lowest BCUT2D eigenvalue weighted by molar-refractivity contribution is -0.143. The molecule has 20 heavy (non-hydrogen) atoms. The Balaban J connectivity index is 2.50. The van der Waals surface area contributed by atoms with E-state index >= 15 is 0 Å². The van der Waals surface area contributed by atoms with Crippen LogP contribution in [0.3, 0.4) is 0 Å². The number of rotatable bonds is 5. The Bertz CT molecular complexity index is 628. The zero-order chi connectivity index (χ0) is 15.1. The number of aliphatic carboxylic acids is 1. The van der Waals surface area contributed by atoms with Crippen molar-refractivity contribution in [2.24, 2.45) is 11.1 Å².